The molecule has 1 aromatic heterocycles. The van der Waals surface area contributed by atoms with Crippen LogP contribution in [0.2, 0.25) is 0 Å². The Morgan fingerprint density at radius 2 is 2.20 bits per heavy atom. The maximum absolute atomic E-state index is 12.0. The lowest BCUT2D eigenvalue weighted by Gasteiger charge is -2.10. The van der Waals surface area contributed by atoms with Gasteiger partial charge in [-0.3, -0.25) is 0 Å². The van der Waals surface area contributed by atoms with Crippen molar-refractivity contribution in [3.8, 4) is 0 Å². The number of nitrogens with zero attached hydrogens (tertiary/aromatic N) is 3. The van der Waals surface area contributed by atoms with Crippen molar-refractivity contribution >= 4 is 11.7 Å². The van der Waals surface area contributed by atoms with Gasteiger partial charge in [-0.05, 0) is 44.5 Å². The second-order valence-corrected chi connectivity index (χ2v) is 4.87. The summed E-state index contributed by atoms with van der Waals surface area (Å²) in [4.78, 5) is 16.1. The zero-order chi connectivity index (χ0) is 14.7. The molecule has 0 spiro atoms. The maximum Gasteiger partial charge on any atom is 0.338 e. The molecular formula is C14H18N4O2. The van der Waals surface area contributed by atoms with Crippen LogP contribution in [0, 0.1) is 6.92 Å². The SMILES string of the molecule is Cc1cc(N)ccc1C(=O)OCc1ncnn1C(C)C. The van der Waals surface area contributed by atoms with E-state index in [2.05, 4.69) is 10.1 Å². The summed E-state index contributed by atoms with van der Waals surface area (Å²) in [6.07, 6.45) is 1.46. The number of carbonyl (C=O) groups excluding carboxylic acids is 1. The normalized spacial score (nSPS) is 10.8. The molecule has 2 rings (SSSR count). The highest BCUT2D eigenvalue weighted by atomic mass is 16.5. The van der Waals surface area contributed by atoms with E-state index in [1.165, 1.54) is 6.33 Å². The fourth-order valence-electron chi connectivity index (χ4n) is 1.93. The highest BCUT2D eigenvalue weighted by molar-refractivity contribution is 5.91. The van der Waals surface area contributed by atoms with Gasteiger partial charge in [0.1, 0.15) is 6.33 Å². The number of benzene rings is 1. The lowest BCUT2D eigenvalue weighted by Crippen LogP contribution is -2.13. The standard InChI is InChI=1S/C14H18N4O2/c1-9(2)18-13(16-8-17-18)7-20-14(19)12-5-4-11(15)6-10(12)3/h4-6,8-9H,7,15H2,1-3H3. The first-order valence-electron chi connectivity index (χ1n) is 6.40. The molecular weight excluding hydrogens is 256 g/mol. The Labute approximate surface area is 117 Å². The van der Waals surface area contributed by atoms with Crippen LogP contribution in [-0.4, -0.2) is 20.7 Å². The number of ether oxygens (including phenoxy) is 1. The van der Waals surface area contributed by atoms with Gasteiger partial charge in [0.15, 0.2) is 12.4 Å². The molecule has 0 atom stereocenters. The van der Waals surface area contributed by atoms with E-state index in [1.807, 2.05) is 20.8 Å². The summed E-state index contributed by atoms with van der Waals surface area (Å²) in [6.45, 7) is 5.90. The molecule has 0 bridgehead atoms. The average molecular weight is 274 g/mol. The number of esters is 1. The topological polar surface area (TPSA) is 83.0 Å². The third-order valence-corrected chi connectivity index (χ3v) is 2.94. The van der Waals surface area contributed by atoms with Crippen molar-refractivity contribution in [2.45, 2.75) is 33.4 Å². The molecule has 0 fully saturated rings. The van der Waals surface area contributed by atoms with Gasteiger partial charge >= 0.3 is 5.97 Å². The Balaban J connectivity index is 2.07. The molecule has 0 aliphatic rings. The number of anilines is 1. The van der Waals surface area contributed by atoms with E-state index in [9.17, 15) is 4.79 Å². The van der Waals surface area contributed by atoms with Gasteiger partial charge in [-0.25, -0.2) is 14.5 Å². The minimum atomic E-state index is -0.388. The number of aromatic nitrogens is 3. The highest BCUT2D eigenvalue weighted by Crippen LogP contribution is 2.14. The molecule has 0 radical (unpaired) electrons. The number of hydrogen-bond donors (Lipinski definition) is 1. The van der Waals surface area contributed by atoms with Crippen LogP contribution in [0.1, 0.15) is 41.6 Å². The van der Waals surface area contributed by atoms with E-state index >= 15 is 0 Å². The van der Waals surface area contributed by atoms with Crippen LogP contribution in [0.3, 0.4) is 0 Å². The molecule has 6 nitrogen and oxygen atoms in total. The Kier molecular flexibility index (Phi) is 4.02. The molecule has 1 heterocycles. The molecule has 0 aliphatic carbocycles. The van der Waals surface area contributed by atoms with E-state index in [1.54, 1.807) is 22.9 Å². The molecule has 2 N–H and O–H groups in total. The molecule has 0 saturated carbocycles. The predicted octanol–water partition coefficient (Wildman–Crippen LogP) is 2.11. The summed E-state index contributed by atoms with van der Waals surface area (Å²) in [5.74, 6) is 0.238. The van der Waals surface area contributed by atoms with E-state index < -0.39 is 0 Å². The van der Waals surface area contributed by atoms with Crippen molar-refractivity contribution in [3.05, 3.63) is 41.5 Å². The van der Waals surface area contributed by atoms with Crippen molar-refractivity contribution in [2.75, 3.05) is 5.73 Å². The molecule has 0 aliphatic heterocycles. The summed E-state index contributed by atoms with van der Waals surface area (Å²) in [6, 6.07) is 5.26. The summed E-state index contributed by atoms with van der Waals surface area (Å²) in [5, 5.41) is 4.09. The molecule has 2 aromatic rings. The summed E-state index contributed by atoms with van der Waals surface area (Å²) in [7, 11) is 0. The number of hydrogen-bond acceptors (Lipinski definition) is 5. The molecule has 0 unspecified atom stereocenters. The van der Waals surface area contributed by atoms with Crippen LogP contribution in [0.15, 0.2) is 24.5 Å². The Bertz CT molecular complexity index is 619. The minimum absolute atomic E-state index is 0.0980. The van der Waals surface area contributed by atoms with Crippen LogP contribution in [0.4, 0.5) is 5.69 Å². The second-order valence-electron chi connectivity index (χ2n) is 4.87. The van der Waals surface area contributed by atoms with Gasteiger partial charge in [0.25, 0.3) is 0 Å². The fraction of sp³-hybridized carbons (Fsp3) is 0.357. The summed E-state index contributed by atoms with van der Waals surface area (Å²) >= 11 is 0. The lowest BCUT2D eigenvalue weighted by atomic mass is 10.1. The first-order valence-corrected chi connectivity index (χ1v) is 6.40. The third kappa shape index (κ3) is 2.96. The molecule has 0 saturated heterocycles. The monoisotopic (exact) mass is 274 g/mol. The first-order chi connectivity index (χ1) is 9.49. The van der Waals surface area contributed by atoms with Gasteiger partial charge < -0.3 is 10.5 Å². The number of carbonyl (C=O) groups is 1. The summed E-state index contributed by atoms with van der Waals surface area (Å²) < 4.78 is 7.01. The molecule has 0 amide bonds. The Morgan fingerprint density at radius 1 is 1.45 bits per heavy atom. The van der Waals surface area contributed by atoms with Crippen molar-refractivity contribution < 1.29 is 9.53 Å². The van der Waals surface area contributed by atoms with E-state index in [4.69, 9.17) is 10.5 Å². The number of aryl methyl sites for hydroxylation is 1. The van der Waals surface area contributed by atoms with Crippen molar-refractivity contribution in [2.24, 2.45) is 0 Å². The zero-order valence-corrected chi connectivity index (χ0v) is 11.8. The van der Waals surface area contributed by atoms with Crippen molar-refractivity contribution in [3.63, 3.8) is 0 Å². The van der Waals surface area contributed by atoms with E-state index in [0.717, 1.165) is 5.56 Å². The summed E-state index contributed by atoms with van der Waals surface area (Å²) in [5.41, 5.74) is 7.58. The molecule has 6 heteroatoms. The molecule has 1 aromatic carbocycles. The first kappa shape index (κ1) is 14.0. The zero-order valence-electron chi connectivity index (χ0n) is 11.8. The van der Waals surface area contributed by atoms with Crippen LogP contribution in [0.5, 0.6) is 0 Å². The maximum atomic E-state index is 12.0. The van der Waals surface area contributed by atoms with Crippen LogP contribution in [-0.2, 0) is 11.3 Å². The minimum Gasteiger partial charge on any atom is -0.454 e. The number of nitrogen functional groups attached to an aromatic ring is 1. The largest absolute Gasteiger partial charge is 0.454 e. The van der Waals surface area contributed by atoms with Gasteiger partial charge in [0, 0.05) is 11.7 Å². The van der Waals surface area contributed by atoms with Gasteiger partial charge in [0.05, 0.1) is 5.56 Å². The highest BCUT2D eigenvalue weighted by Gasteiger charge is 2.13. The van der Waals surface area contributed by atoms with E-state index in [0.29, 0.717) is 17.1 Å². The van der Waals surface area contributed by atoms with Crippen LogP contribution < -0.4 is 5.73 Å². The van der Waals surface area contributed by atoms with Crippen LogP contribution in [0.25, 0.3) is 0 Å². The third-order valence-electron chi connectivity index (χ3n) is 2.94. The quantitative estimate of drug-likeness (QED) is 0.682. The smallest absolute Gasteiger partial charge is 0.338 e. The Hall–Kier alpha value is -2.37. The van der Waals surface area contributed by atoms with Crippen molar-refractivity contribution in [1.29, 1.82) is 0 Å². The predicted molar refractivity (Wildman–Crippen MR) is 75.1 cm³/mol. The number of nitrogens with two attached hydrogens (primary N) is 1. The Morgan fingerprint density at radius 3 is 2.85 bits per heavy atom. The lowest BCUT2D eigenvalue weighted by molar-refractivity contribution is 0.0454. The van der Waals surface area contributed by atoms with Gasteiger partial charge in [-0.15, -0.1) is 0 Å². The van der Waals surface area contributed by atoms with Gasteiger partial charge in [-0.1, -0.05) is 0 Å². The fourth-order valence-corrected chi connectivity index (χ4v) is 1.93. The average Bonchev–Trinajstić information content (AvgIpc) is 2.84. The van der Waals surface area contributed by atoms with Crippen LogP contribution >= 0.6 is 0 Å². The molecule has 20 heavy (non-hydrogen) atoms. The van der Waals surface area contributed by atoms with Crippen molar-refractivity contribution in [1.82, 2.24) is 14.8 Å². The van der Waals surface area contributed by atoms with Gasteiger partial charge in [0.2, 0.25) is 0 Å². The number of rotatable bonds is 4. The molecule has 106 valence electrons. The second kappa shape index (κ2) is 5.73. The van der Waals surface area contributed by atoms with E-state index in [-0.39, 0.29) is 18.6 Å². The van der Waals surface area contributed by atoms with Gasteiger partial charge in [-0.2, -0.15) is 5.10 Å².